The van der Waals surface area contributed by atoms with Gasteiger partial charge in [-0.3, -0.25) is 9.88 Å². The summed E-state index contributed by atoms with van der Waals surface area (Å²) in [5.41, 5.74) is 2.50. The van der Waals surface area contributed by atoms with Crippen LogP contribution in [0.1, 0.15) is 37.9 Å². The second kappa shape index (κ2) is 4.53. The Hall–Kier alpha value is -1.45. The minimum atomic E-state index is 0.0854. The molecule has 4 bridgehead atoms. The molecule has 22 heavy (non-hydrogen) atoms. The van der Waals surface area contributed by atoms with E-state index in [1.54, 1.807) is 0 Å². The molecule has 7 rings (SSSR count). The number of hydrogen-bond acceptors (Lipinski definition) is 3. The van der Waals surface area contributed by atoms with Gasteiger partial charge in [0.25, 0.3) is 0 Å². The molecular formula is C19H22N2O. The number of piperidine rings is 3. The second-order valence-electron chi connectivity index (χ2n) is 7.13. The van der Waals surface area contributed by atoms with Gasteiger partial charge in [0, 0.05) is 24.2 Å². The zero-order valence-corrected chi connectivity index (χ0v) is 13.0. The van der Waals surface area contributed by atoms with Crippen molar-refractivity contribution in [1.29, 1.82) is 0 Å². The van der Waals surface area contributed by atoms with E-state index in [0.717, 1.165) is 24.4 Å². The summed E-state index contributed by atoms with van der Waals surface area (Å²) in [6, 6.07) is 11.2. The fourth-order valence-corrected chi connectivity index (χ4v) is 5.09. The minimum absolute atomic E-state index is 0.0854. The summed E-state index contributed by atoms with van der Waals surface area (Å²) < 4.78 is 6.78. The quantitative estimate of drug-likeness (QED) is 0.847. The number of hydrogen-bond donors (Lipinski definition) is 0. The molecule has 6 heterocycles. The Labute approximate surface area is 131 Å². The van der Waals surface area contributed by atoms with E-state index in [-0.39, 0.29) is 11.7 Å². The molecule has 5 saturated heterocycles. The fourth-order valence-electron chi connectivity index (χ4n) is 5.09. The summed E-state index contributed by atoms with van der Waals surface area (Å²) in [6.45, 7) is 4.68. The summed E-state index contributed by atoms with van der Waals surface area (Å²) in [6.07, 6.45) is 5.89. The highest BCUT2D eigenvalue weighted by Gasteiger charge is 2.58. The minimum Gasteiger partial charge on any atom is -0.364 e. The predicted octanol–water partition coefficient (Wildman–Crippen LogP) is 3.55. The highest BCUT2D eigenvalue weighted by molar-refractivity contribution is 5.82. The SMILES string of the molecule is CC[C@]12CN3CC[C@@H]1CC3C(c1ccnc3ccccc13)O2. The van der Waals surface area contributed by atoms with Crippen LogP contribution in [0.3, 0.4) is 0 Å². The van der Waals surface area contributed by atoms with Crippen LogP contribution in [-0.2, 0) is 4.74 Å². The Morgan fingerprint density at radius 2 is 2.23 bits per heavy atom. The maximum Gasteiger partial charge on any atom is 0.0995 e. The van der Waals surface area contributed by atoms with Crippen LogP contribution < -0.4 is 0 Å². The van der Waals surface area contributed by atoms with Gasteiger partial charge in [-0.05, 0) is 49.4 Å². The Balaban J connectivity index is 1.64. The molecule has 0 aliphatic carbocycles. The van der Waals surface area contributed by atoms with Gasteiger partial charge in [-0.2, -0.15) is 0 Å². The zero-order valence-electron chi connectivity index (χ0n) is 13.0. The first-order chi connectivity index (χ1) is 10.8. The first-order valence-corrected chi connectivity index (χ1v) is 8.56. The van der Waals surface area contributed by atoms with E-state index >= 15 is 0 Å². The number of morpholine rings is 1. The Morgan fingerprint density at radius 3 is 3.05 bits per heavy atom. The van der Waals surface area contributed by atoms with Crippen molar-refractivity contribution < 1.29 is 4.74 Å². The summed E-state index contributed by atoms with van der Waals surface area (Å²) in [5.74, 6) is 0.761. The lowest BCUT2D eigenvalue weighted by molar-refractivity contribution is -0.274. The molecule has 0 spiro atoms. The van der Waals surface area contributed by atoms with Gasteiger partial charge in [0.1, 0.15) is 0 Å². The first-order valence-electron chi connectivity index (χ1n) is 8.56. The average Bonchev–Trinajstić information content (AvgIpc) is 2.61. The van der Waals surface area contributed by atoms with Gasteiger partial charge in [-0.1, -0.05) is 25.1 Å². The van der Waals surface area contributed by atoms with E-state index in [4.69, 9.17) is 4.74 Å². The van der Waals surface area contributed by atoms with Crippen LogP contribution in [0, 0.1) is 5.92 Å². The van der Waals surface area contributed by atoms with Crippen molar-refractivity contribution in [2.75, 3.05) is 13.1 Å². The smallest absolute Gasteiger partial charge is 0.0995 e. The van der Waals surface area contributed by atoms with Gasteiger partial charge in [-0.25, -0.2) is 0 Å². The third-order valence-electron chi connectivity index (χ3n) is 6.27. The summed E-state index contributed by atoms with van der Waals surface area (Å²) in [5, 5.41) is 1.26. The van der Waals surface area contributed by atoms with Gasteiger partial charge in [-0.15, -0.1) is 0 Å². The Kier molecular flexibility index (Phi) is 2.68. The number of pyridine rings is 1. The molecule has 5 aliphatic rings. The van der Waals surface area contributed by atoms with Gasteiger partial charge in [0.2, 0.25) is 0 Å². The van der Waals surface area contributed by atoms with E-state index in [0.29, 0.717) is 6.04 Å². The molecule has 3 heteroatoms. The molecule has 0 N–H and O–H groups in total. The molecule has 0 amide bonds. The third kappa shape index (κ3) is 1.61. The van der Waals surface area contributed by atoms with E-state index < -0.39 is 0 Å². The molecule has 114 valence electrons. The molecule has 5 atom stereocenters. The fraction of sp³-hybridized carbons (Fsp3) is 0.526. The van der Waals surface area contributed by atoms with Gasteiger partial charge in [0.15, 0.2) is 0 Å². The molecular weight excluding hydrogens is 272 g/mol. The van der Waals surface area contributed by atoms with Crippen molar-refractivity contribution >= 4 is 10.9 Å². The van der Waals surface area contributed by atoms with Gasteiger partial charge in [0.05, 0.1) is 17.2 Å². The molecule has 3 nitrogen and oxygen atoms in total. The molecule has 5 fully saturated rings. The lowest BCUT2D eigenvalue weighted by Gasteiger charge is -2.64. The molecule has 1 aromatic carbocycles. The molecule has 1 aromatic heterocycles. The maximum absolute atomic E-state index is 6.78. The number of benzene rings is 1. The standard InChI is InChI=1S/C19H22N2O/c1-2-19-12-21-10-8-13(19)11-17(21)18(22-19)15-7-9-20-16-6-4-3-5-14(15)16/h3-7,9,13,17-18H,2,8,10-12H2,1H3/t13-,17?,18?,19+/m1/s1. The average molecular weight is 294 g/mol. The third-order valence-corrected chi connectivity index (χ3v) is 6.27. The van der Waals surface area contributed by atoms with Crippen molar-refractivity contribution in [1.82, 2.24) is 9.88 Å². The van der Waals surface area contributed by atoms with Crippen LogP contribution in [0.5, 0.6) is 0 Å². The number of nitrogens with zero attached hydrogens (tertiary/aromatic N) is 2. The lowest BCUT2D eigenvalue weighted by atomic mass is 9.66. The molecule has 3 unspecified atom stereocenters. The van der Waals surface area contributed by atoms with Crippen LogP contribution in [0.15, 0.2) is 36.5 Å². The molecule has 0 radical (unpaired) electrons. The summed E-state index contributed by atoms with van der Waals surface area (Å²) in [4.78, 5) is 7.20. The van der Waals surface area contributed by atoms with Gasteiger partial charge < -0.3 is 4.74 Å². The van der Waals surface area contributed by atoms with Gasteiger partial charge >= 0.3 is 0 Å². The first kappa shape index (κ1) is 13.0. The van der Waals surface area contributed by atoms with Crippen LogP contribution in [0.25, 0.3) is 10.9 Å². The predicted molar refractivity (Wildman–Crippen MR) is 86.7 cm³/mol. The highest BCUT2D eigenvalue weighted by Crippen LogP contribution is 2.54. The molecule has 2 aromatic rings. The number of fused-ring (bicyclic) bond motifs is 3. The van der Waals surface area contributed by atoms with Crippen molar-refractivity contribution in [2.45, 2.75) is 43.9 Å². The molecule has 0 saturated carbocycles. The summed E-state index contributed by atoms with van der Waals surface area (Å²) in [7, 11) is 0. The van der Waals surface area contributed by atoms with Crippen LogP contribution in [0.4, 0.5) is 0 Å². The number of aromatic nitrogens is 1. The Morgan fingerprint density at radius 1 is 1.32 bits per heavy atom. The van der Waals surface area contributed by atoms with Crippen molar-refractivity contribution in [3.8, 4) is 0 Å². The number of ether oxygens (including phenoxy) is 1. The number of rotatable bonds is 2. The maximum atomic E-state index is 6.78. The van der Waals surface area contributed by atoms with E-state index in [1.807, 2.05) is 6.20 Å². The Bertz CT molecular complexity index is 725. The summed E-state index contributed by atoms with van der Waals surface area (Å²) >= 11 is 0. The second-order valence-corrected chi connectivity index (χ2v) is 7.13. The number of para-hydroxylation sites is 1. The monoisotopic (exact) mass is 294 g/mol. The van der Waals surface area contributed by atoms with Crippen molar-refractivity contribution in [3.63, 3.8) is 0 Å². The lowest BCUT2D eigenvalue weighted by Crippen LogP contribution is -2.70. The van der Waals surface area contributed by atoms with Crippen molar-refractivity contribution in [2.24, 2.45) is 5.92 Å². The van der Waals surface area contributed by atoms with Crippen LogP contribution in [-0.4, -0.2) is 34.6 Å². The zero-order chi connectivity index (χ0) is 14.7. The van der Waals surface area contributed by atoms with E-state index in [9.17, 15) is 0 Å². The van der Waals surface area contributed by atoms with E-state index in [1.165, 1.54) is 30.3 Å². The van der Waals surface area contributed by atoms with Crippen LogP contribution >= 0.6 is 0 Å². The largest absolute Gasteiger partial charge is 0.364 e. The van der Waals surface area contributed by atoms with Crippen LogP contribution in [0.2, 0.25) is 0 Å². The van der Waals surface area contributed by atoms with Crippen molar-refractivity contribution in [3.05, 3.63) is 42.1 Å². The normalized spacial score (nSPS) is 39.5. The van der Waals surface area contributed by atoms with E-state index in [2.05, 4.69) is 47.1 Å². The topological polar surface area (TPSA) is 25.4 Å². The highest BCUT2D eigenvalue weighted by atomic mass is 16.5. The molecule has 5 aliphatic heterocycles.